The van der Waals surface area contributed by atoms with E-state index in [0.29, 0.717) is 0 Å². The largest absolute Gasteiger partial charge is 0.381 e. The minimum absolute atomic E-state index is 0.976. The molecule has 0 aromatic carbocycles. The van der Waals surface area contributed by atoms with Crippen molar-refractivity contribution in [2.24, 2.45) is 0 Å². The van der Waals surface area contributed by atoms with Crippen molar-refractivity contribution in [2.75, 3.05) is 52.5 Å². The Morgan fingerprint density at radius 1 is 0.275 bits per heavy atom. The van der Waals surface area contributed by atoms with Crippen molar-refractivity contribution in [3.8, 4) is 0 Å². The first-order valence-corrected chi connectivity index (χ1v) is 23.6. The van der Waals surface area contributed by atoms with E-state index >= 15 is 0 Å². The lowest BCUT2D eigenvalue weighted by atomic mass is 10.1. The summed E-state index contributed by atoms with van der Waals surface area (Å²) in [6, 6.07) is 0. The lowest BCUT2D eigenvalue weighted by Gasteiger charge is -2.17. The third kappa shape index (κ3) is 42.0. The van der Waals surface area contributed by atoms with E-state index in [9.17, 15) is 0 Å². The van der Waals surface area contributed by atoms with Gasteiger partial charge in [-0.3, -0.25) is 0 Å². The second-order valence-corrected chi connectivity index (χ2v) is 15.7. The summed E-state index contributed by atoms with van der Waals surface area (Å²) in [7, 11) is 0. The maximum atomic E-state index is 5.91. The predicted molar refractivity (Wildman–Crippen MR) is 232 cm³/mol. The summed E-state index contributed by atoms with van der Waals surface area (Å²) in [5, 5.41) is 0. The predicted octanol–water partition coefficient (Wildman–Crippen LogP) is 15.3. The summed E-state index contributed by atoms with van der Waals surface area (Å²) in [5.74, 6) is 0. The zero-order chi connectivity index (χ0) is 37.0. The standard InChI is InChI=1S/C48H96N2O/c1-5-49(6-2)45-41-37-33-29-25-21-17-13-9-11-15-19-23-27-31-35-39-43-47-51-48-44-40-36-32-28-24-20-16-12-10-14-18-22-26-30-34-38-42-46-50(7-3)8-4/h11-12,15-16H,5-10,13-14,17-48H2,1-4H3/b15-11-,16-12-. The van der Waals surface area contributed by atoms with E-state index in [2.05, 4.69) is 61.8 Å². The molecule has 0 N–H and O–H groups in total. The quantitative estimate of drug-likeness (QED) is 0.0461. The Balaban J connectivity index is 3.17. The zero-order valence-corrected chi connectivity index (χ0v) is 35.9. The molecule has 0 bridgehead atoms. The van der Waals surface area contributed by atoms with Crippen molar-refractivity contribution in [1.29, 1.82) is 0 Å². The summed E-state index contributed by atoms with van der Waals surface area (Å²) >= 11 is 0. The molecule has 0 fully saturated rings. The molecule has 0 rings (SSSR count). The normalized spacial score (nSPS) is 12.2. The first-order chi connectivity index (χ1) is 25.3. The van der Waals surface area contributed by atoms with E-state index in [-0.39, 0.29) is 0 Å². The van der Waals surface area contributed by atoms with Crippen molar-refractivity contribution in [3.63, 3.8) is 0 Å². The molecule has 304 valence electrons. The third-order valence-electron chi connectivity index (χ3n) is 11.1. The Kier molecular flexibility index (Phi) is 44.9. The van der Waals surface area contributed by atoms with Gasteiger partial charge in [-0.1, -0.05) is 180 Å². The van der Waals surface area contributed by atoms with E-state index < -0.39 is 0 Å². The molecular weight excluding hydrogens is 621 g/mol. The van der Waals surface area contributed by atoms with Gasteiger partial charge < -0.3 is 14.5 Å². The van der Waals surface area contributed by atoms with Crippen LogP contribution in [0.15, 0.2) is 24.3 Å². The topological polar surface area (TPSA) is 15.7 Å². The van der Waals surface area contributed by atoms with Crippen LogP contribution in [0.1, 0.15) is 233 Å². The SMILES string of the molecule is CCN(CC)CCCCCCCCCC/C=C\CCCCCCCCOCCCCCCCC/C=C\CCCCCCCCCCN(CC)CC. The van der Waals surface area contributed by atoms with Crippen molar-refractivity contribution in [3.05, 3.63) is 24.3 Å². The van der Waals surface area contributed by atoms with Crippen molar-refractivity contribution in [1.82, 2.24) is 9.80 Å². The van der Waals surface area contributed by atoms with Gasteiger partial charge in [0.1, 0.15) is 0 Å². The number of allylic oxidation sites excluding steroid dienone is 4. The molecule has 0 spiro atoms. The van der Waals surface area contributed by atoms with Crippen LogP contribution in [-0.4, -0.2) is 62.3 Å². The summed E-state index contributed by atoms with van der Waals surface area (Å²) in [5.41, 5.74) is 0. The highest BCUT2D eigenvalue weighted by molar-refractivity contribution is 4.82. The second-order valence-electron chi connectivity index (χ2n) is 15.7. The van der Waals surface area contributed by atoms with Crippen LogP contribution in [0.2, 0.25) is 0 Å². The van der Waals surface area contributed by atoms with E-state index in [1.165, 1.54) is 245 Å². The first-order valence-electron chi connectivity index (χ1n) is 23.6. The van der Waals surface area contributed by atoms with Gasteiger partial charge in [-0.15, -0.1) is 0 Å². The summed E-state index contributed by atoms with van der Waals surface area (Å²) in [4.78, 5) is 5.10. The number of rotatable bonds is 44. The number of ether oxygens (including phenoxy) is 1. The van der Waals surface area contributed by atoms with Crippen molar-refractivity contribution >= 4 is 0 Å². The lowest BCUT2D eigenvalue weighted by Crippen LogP contribution is -2.23. The van der Waals surface area contributed by atoms with E-state index in [1.54, 1.807) is 0 Å². The molecule has 0 radical (unpaired) electrons. The maximum absolute atomic E-state index is 5.91. The lowest BCUT2D eigenvalue weighted by molar-refractivity contribution is 0.125. The van der Waals surface area contributed by atoms with Crippen LogP contribution >= 0.6 is 0 Å². The molecule has 51 heavy (non-hydrogen) atoms. The van der Waals surface area contributed by atoms with Crippen LogP contribution in [-0.2, 0) is 4.74 Å². The Labute approximate surface area is 323 Å². The van der Waals surface area contributed by atoms with Crippen LogP contribution < -0.4 is 0 Å². The molecule has 0 atom stereocenters. The molecule has 0 heterocycles. The van der Waals surface area contributed by atoms with Crippen LogP contribution in [0.5, 0.6) is 0 Å². The van der Waals surface area contributed by atoms with Gasteiger partial charge in [0.05, 0.1) is 0 Å². The van der Waals surface area contributed by atoms with E-state index in [0.717, 1.165) is 13.2 Å². The number of unbranched alkanes of at least 4 members (excludes halogenated alkanes) is 28. The highest BCUT2D eigenvalue weighted by Gasteiger charge is 2.00. The fourth-order valence-electron chi connectivity index (χ4n) is 7.32. The molecular formula is C48H96N2O. The highest BCUT2D eigenvalue weighted by Crippen LogP contribution is 2.14. The fraction of sp³-hybridized carbons (Fsp3) is 0.917. The molecule has 3 nitrogen and oxygen atoms in total. The average molecular weight is 717 g/mol. The fourth-order valence-corrected chi connectivity index (χ4v) is 7.32. The number of hydrogen-bond donors (Lipinski definition) is 0. The molecule has 0 saturated heterocycles. The van der Waals surface area contributed by atoms with Gasteiger partial charge in [0.15, 0.2) is 0 Å². The molecule has 0 aliphatic heterocycles. The van der Waals surface area contributed by atoms with Gasteiger partial charge in [-0.2, -0.15) is 0 Å². The third-order valence-corrected chi connectivity index (χ3v) is 11.1. The number of nitrogens with zero attached hydrogens (tertiary/aromatic N) is 2. The van der Waals surface area contributed by atoms with Gasteiger partial charge in [-0.25, -0.2) is 0 Å². The zero-order valence-electron chi connectivity index (χ0n) is 35.9. The molecule has 0 aliphatic carbocycles. The minimum Gasteiger partial charge on any atom is -0.381 e. The van der Waals surface area contributed by atoms with Gasteiger partial charge >= 0.3 is 0 Å². The van der Waals surface area contributed by atoms with Crippen LogP contribution in [0.25, 0.3) is 0 Å². The van der Waals surface area contributed by atoms with Crippen LogP contribution in [0.4, 0.5) is 0 Å². The van der Waals surface area contributed by atoms with Gasteiger partial charge in [0.25, 0.3) is 0 Å². The summed E-state index contributed by atoms with van der Waals surface area (Å²) < 4.78 is 5.91. The molecule has 0 aromatic heterocycles. The second kappa shape index (κ2) is 45.5. The van der Waals surface area contributed by atoms with Crippen LogP contribution in [0, 0.1) is 0 Å². The van der Waals surface area contributed by atoms with Crippen LogP contribution in [0.3, 0.4) is 0 Å². The molecule has 0 unspecified atom stereocenters. The highest BCUT2D eigenvalue weighted by atomic mass is 16.5. The molecule has 0 amide bonds. The van der Waals surface area contributed by atoms with E-state index in [4.69, 9.17) is 4.74 Å². The Morgan fingerprint density at radius 3 is 0.745 bits per heavy atom. The molecule has 3 heteroatoms. The van der Waals surface area contributed by atoms with E-state index in [1.807, 2.05) is 0 Å². The monoisotopic (exact) mass is 717 g/mol. The Morgan fingerprint density at radius 2 is 0.490 bits per heavy atom. The Hall–Kier alpha value is -0.640. The van der Waals surface area contributed by atoms with Crippen molar-refractivity contribution < 1.29 is 4.74 Å². The average Bonchev–Trinajstić information content (AvgIpc) is 3.15. The summed E-state index contributed by atoms with van der Waals surface area (Å²) in [6.45, 7) is 18.5. The first kappa shape index (κ1) is 50.4. The van der Waals surface area contributed by atoms with Crippen molar-refractivity contribution in [2.45, 2.75) is 233 Å². The molecule has 0 saturated carbocycles. The van der Waals surface area contributed by atoms with Gasteiger partial charge in [0.2, 0.25) is 0 Å². The molecule has 0 aromatic rings. The maximum Gasteiger partial charge on any atom is 0.0466 e. The smallest absolute Gasteiger partial charge is 0.0466 e. The number of hydrogen-bond acceptors (Lipinski definition) is 3. The van der Waals surface area contributed by atoms with Gasteiger partial charge in [0, 0.05) is 13.2 Å². The molecule has 0 aliphatic rings. The van der Waals surface area contributed by atoms with Gasteiger partial charge in [-0.05, 0) is 116 Å². The summed E-state index contributed by atoms with van der Waals surface area (Å²) in [6.07, 6.45) is 54.0. The minimum atomic E-state index is 0.976. The Bertz CT molecular complexity index is 612.